The van der Waals surface area contributed by atoms with Crippen LogP contribution in [0.15, 0.2) is 16.6 Å². The first-order valence-corrected chi connectivity index (χ1v) is 5.99. The third-order valence-electron chi connectivity index (χ3n) is 3.18. The Bertz CT molecular complexity index is 399. The van der Waals surface area contributed by atoms with Crippen molar-refractivity contribution in [3.05, 3.63) is 22.2 Å². The second-order valence-corrected chi connectivity index (χ2v) is 5.72. The average Bonchev–Trinajstić information content (AvgIpc) is 2.12. The number of anilines is 2. The molecule has 0 aromatic heterocycles. The number of nitrogens with zero attached hydrogens (tertiary/aromatic N) is 1. The van der Waals surface area contributed by atoms with E-state index in [9.17, 15) is 0 Å². The molecule has 0 saturated carbocycles. The van der Waals surface area contributed by atoms with Crippen molar-refractivity contribution in [2.75, 3.05) is 23.8 Å². The maximum Gasteiger partial charge on any atom is 0.0723 e. The monoisotopic (exact) mass is 268 g/mol. The Kier molecular flexibility index (Phi) is 2.45. The number of benzene rings is 1. The molecule has 1 aromatic rings. The molecule has 0 atom stereocenters. The van der Waals surface area contributed by atoms with Crippen LogP contribution in [0.25, 0.3) is 0 Å². The highest BCUT2D eigenvalue weighted by atomic mass is 79.9. The number of nitrogens with one attached hydrogen (secondary N) is 1. The molecule has 82 valence electrons. The molecule has 1 N–H and O–H groups in total. The maximum absolute atomic E-state index is 3.61. The normalized spacial score (nSPS) is 18.3. The van der Waals surface area contributed by atoms with Gasteiger partial charge >= 0.3 is 0 Å². The van der Waals surface area contributed by atoms with Crippen LogP contribution in [-0.4, -0.2) is 19.1 Å². The fourth-order valence-electron chi connectivity index (χ4n) is 1.91. The predicted molar refractivity (Wildman–Crippen MR) is 69.9 cm³/mol. The van der Waals surface area contributed by atoms with Gasteiger partial charge in [-0.25, -0.2) is 0 Å². The van der Waals surface area contributed by atoms with E-state index in [1.165, 1.54) is 16.9 Å². The summed E-state index contributed by atoms with van der Waals surface area (Å²) in [6, 6.07) is 4.38. The number of rotatable bonds is 0. The third-order valence-corrected chi connectivity index (χ3v) is 3.81. The summed E-state index contributed by atoms with van der Waals surface area (Å²) >= 11 is 3.61. The van der Waals surface area contributed by atoms with Crippen LogP contribution in [0.1, 0.15) is 19.4 Å². The summed E-state index contributed by atoms with van der Waals surface area (Å²) in [5, 5.41) is 3.49. The summed E-state index contributed by atoms with van der Waals surface area (Å²) in [5.74, 6) is 0. The minimum Gasteiger partial charge on any atom is -0.380 e. The van der Waals surface area contributed by atoms with Crippen molar-refractivity contribution in [3.8, 4) is 0 Å². The van der Waals surface area contributed by atoms with Crippen molar-refractivity contribution in [2.24, 2.45) is 0 Å². The Balaban J connectivity index is 2.56. The molecule has 0 bridgehead atoms. The highest BCUT2D eigenvalue weighted by molar-refractivity contribution is 9.10. The number of fused-ring (bicyclic) bond motifs is 1. The average molecular weight is 269 g/mol. The summed E-state index contributed by atoms with van der Waals surface area (Å²) in [5.41, 5.74) is 3.94. The molecule has 2 nitrogen and oxygen atoms in total. The molecule has 0 amide bonds. The van der Waals surface area contributed by atoms with E-state index < -0.39 is 0 Å². The fourth-order valence-corrected chi connectivity index (χ4v) is 2.62. The van der Waals surface area contributed by atoms with E-state index in [1.54, 1.807) is 0 Å². The lowest BCUT2D eigenvalue weighted by atomic mass is 9.98. The smallest absolute Gasteiger partial charge is 0.0723 e. The second kappa shape index (κ2) is 3.41. The first kappa shape index (κ1) is 10.8. The highest BCUT2D eigenvalue weighted by Crippen LogP contribution is 2.40. The number of hydrogen-bond acceptors (Lipinski definition) is 2. The van der Waals surface area contributed by atoms with E-state index in [1.807, 2.05) is 0 Å². The number of likely N-dealkylation sites (N-methyl/N-ethyl adjacent to an activating group) is 1. The number of hydrogen-bond donors (Lipinski definition) is 1. The van der Waals surface area contributed by atoms with Crippen LogP contribution in [0.4, 0.5) is 11.4 Å². The summed E-state index contributed by atoms with van der Waals surface area (Å²) < 4.78 is 1.15. The van der Waals surface area contributed by atoms with E-state index in [0.29, 0.717) is 0 Å². The molecule has 0 fully saturated rings. The lowest BCUT2D eigenvalue weighted by molar-refractivity contribution is 0.502. The quantitative estimate of drug-likeness (QED) is 0.776. The number of halogens is 1. The van der Waals surface area contributed by atoms with E-state index >= 15 is 0 Å². The van der Waals surface area contributed by atoms with Crippen LogP contribution in [0, 0.1) is 6.92 Å². The lowest BCUT2D eigenvalue weighted by Crippen LogP contribution is -2.50. The zero-order valence-electron chi connectivity index (χ0n) is 9.69. The summed E-state index contributed by atoms with van der Waals surface area (Å²) in [4.78, 5) is 2.34. The fraction of sp³-hybridized carbons (Fsp3) is 0.500. The molecule has 3 heteroatoms. The van der Waals surface area contributed by atoms with E-state index in [0.717, 1.165) is 11.0 Å². The van der Waals surface area contributed by atoms with Crippen LogP contribution >= 0.6 is 15.9 Å². The van der Waals surface area contributed by atoms with Gasteiger partial charge in [-0.2, -0.15) is 0 Å². The SMILES string of the molecule is Cc1cc(Br)c2c(c1)N(C)C(C)(C)CN2. The van der Waals surface area contributed by atoms with E-state index in [2.05, 4.69) is 66.1 Å². The molecule has 1 aliphatic rings. The largest absolute Gasteiger partial charge is 0.380 e. The topological polar surface area (TPSA) is 15.3 Å². The van der Waals surface area contributed by atoms with Crippen molar-refractivity contribution >= 4 is 27.3 Å². The molecular weight excluding hydrogens is 252 g/mol. The van der Waals surface area contributed by atoms with Gasteiger partial charge in [-0.1, -0.05) is 0 Å². The molecule has 0 unspecified atom stereocenters. The highest BCUT2D eigenvalue weighted by Gasteiger charge is 2.30. The second-order valence-electron chi connectivity index (χ2n) is 4.87. The van der Waals surface area contributed by atoms with Gasteiger partial charge in [0.25, 0.3) is 0 Å². The van der Waals surface area contributed by atoms with Crippen molar-refractivity contribution < 1.29 is 0 Å². The molecule has 0 spiro atoms. The first-order valence-electron chi connectivity index (χ1n) is 5.20. The Hall–Kier alpha value is -0.700. The van der Waals surface area contributed by atoms with E-state index in [4.69, 9.17) is 0 Å². The molecule has 0 saturated heterocycles. The summed E-state index contributed by atoms with van der Waals surface area (Å²) in [6.45, 7) is 7.59. The van der Waals surface area contributed by atoms with Crippen LogP contribution in [0.2, 0.25) is 0 Å². The molecule has 0 radical (unpaired) electrons. The van der Waals surface area contributed by atoms with Gasteiger partial charge in [-0.15, -0.1) is 0 Å². The predicted octanol–water partition coefficient (Wildman–Crippen LogP) is 3.40. The van der Waals surface area contributed by atoms with Gasteiger partial charge in [0.15, 0.2) is 0 Å². The molecule has 2 rings (SSSR count). The van der Waals surface area contributed by atoms with E-state index in [-0.39, 0.29) is 5.54 Å². The Labute approximate surface area is 99.8 Å². The minimum atomic E-state index is 0.167. The Morgan fingerprint density at radius 1 is 1.40 bits per heavy atom. The molecule has 1 aliphatic heterocycles. The molecule has 1 aromatic carbocycles. The zero-order valence-corrected chi connectivity index (χ0v) is 11.3. The van der Waals surface area contributed by atoms with Gasteiger partial charge < -0.3 is 10.2 Å². The lowest BCUT2D eigenvalue weighted by Gasteiger charge is -2.43. The van der Waals surface area contributed by atoms with Gasteiger partial charge in [0, 0.05) is 18.1 Å². The van der Waals surface area contributed by atoms with Gasteiger partial charge in [0.2, 0.25) is 0 Å². The third kappa shape index (κ3) is 1.73. The van der Waals surface area contributed by atoms with Crippen LogP contribution < -0.4 is 10.2 Å². The Morgan fingerprint density at radius 3 is 2.73 bits per heavy atom. The minimum absolute atomic E-state index is 0.167. The Morgan fingerprint density at radius 2 is 2.07 bits per heavy atom. The molecular formula is C12H17BrN2. The van der Waals surface area contributed by atoms with Gasteiger partial charge in [0.1, 0.15) is 0 Å². The van der Waals surface area contributed by atoms with Gasteiger partial charge in [-0.3, -0.25) is 0 Å². The van der Waals surface area contributed by atoms with Crippen LogP contribution in [0.5, 0.6) is 0 Å². The van der Waals surface area contributed by atoms with Crippen molar-refractivity contribution in [1.82, 2.24) is 0 Å². The molecule has 0 aliphatic carbocycles. The van der Waals surface area contributed by atoms with Gasteiger partial charge in [-0.05, 0) is 54.4 Å². The van der Waals surface area contributed by atoms with Crippen molar-refractivity contribution in [3.63, 3.8) is 0 Å². The van der Waals surface area contributed by atoms with Crippen LogP contribution in [-0.2, 0) is 0 Å². The molecule has 15 heavy (non-hydrogen) atoms. The van der Waals surface area contributed by atoms with Crippen molar-refractivity contribution in [2.45, 2.75) is 26.3 Å². The van der Waals surface area contributed by atoms with Gasteiger partial charge in [0.05, 0.1) is 16.9 Å². The standard InChI is InChI=1S/C12H17BrN2/c1-8-5-9(13)11-10(6-8)15(4)12(2,3)7-14-11/h5-6,14H,7H2,1-4H3. The zero-order chi connectivity index (χ0) is 11.2. The van der Waals surface area contributed by atoms with Crippen molar-refractivity contribution in [1.29, 1.82) is 0 Å². The number of aryl methyl sites for hydroxylation is 1. The first-order chi connectivity index (χ1) is 6.92. The summed E-state index contributed by atoms with van der Waals surface area (Å²) in [6.07, 6.45) is 0. The van der Waals surface area contributed by atoms with Crippen LogP contribution in [0.3, 0.4) is 0 Å². The summed E-state index contributed by atoms with van der Waals surface area (Å²) in [7, 11) is 2.16. The molecule has 1 heterocycles. The maximum atomic E-state index is 3.61.